The van der Waals surface area contributed by atoms with Gasteiger partial charge in [-0.15, -0.1) is 0 Å². The lowest BCUT2D eigenvalue weighted by atomic mass is 9.91. The van der Waals surface area contributed by atoms with Crippen molar-refractivity contribution in [2.75, 3.05) is 6.54 Å². The predicted octanol–water partition coefficient (Wildman–Crippen LogP) is 4.20. The molecule has 2 unspecified atom stereocenters. The first-order valence-corrected chi connectivity index (χ1v) is 8.95. The number of benzene rings is 3. The summed E-state index contributed by atoms with van der Waals surface area (Å²) in [6.07, 6.45) is 0.544. The summed E-state index contributed by atoms with van der Waals surface area (Å²) in [5.74, 6) is 0.751. The van der Waals surface area contributed by atoms with Crippen molar-refractivity contribution in [2.45, 2.75) is 18.6 Å². The topological polar surface area (TPSA) is 38.3 Å². The Bertz CT molecular complexity index is 877. The van der Waals surface area contributed by atoms with Crippen LogP contribution in [0.25, 0.3) is 0 Å². The molecule has 0 saturated carbocycles. The van der Waals surface area contributed by atoms with Crippen molar-refractivity contribution in [3.8, 4) is 5.75 Å². The highest BCUT2D eigenvalue weighted by molar-refractivity contribution is 6.03. The van der Waals surface area contributed by atoms with Gasteiger partial charge in [-0.2, -0.15) is 0 Å². The van der Waals surface area contributed by atoms with Crippen LogP contribution in [0.15, 0.2) is 84.9 Å². The Morgan fingerprint density at radius 1 is 0.808 bits per heavy atom. The van der Waals surface area contributed by atoms with E-state index in [-0.39, 0.29) is 11.9 Å². The maximum absolute atomic E-state index is 13.1. The standard InChI is InChI=1S/C23H21NO2/c25-22-19-13-7-8-14-20(19)26-23(18-11-5-2-6-12-18)21(22)24-16-15-17-9-3-1-4-10-17/h1-14,21,23-24H,15-16H2. The van der Waals surface area contributed by atoms with Crippen molar-refractivity contribution in [1.82, 2.24) is 5.32 Å². The van der Waals surface area contributed by atoms with Gasteiger partial charge < -0.3 is 10.1 Å². The normalized spacial score (nSPS) is 18.8. The lowest BCUT2D eigenvalue weighted by Crippen LogP contribution is -2.47. The molecule has 1 heterocycles. The Morgan fingerprint density at radius 3 is 2.23 bits per heavy atom. The van der Waals surface area contributed by atoms with Gasteiger partial charge in [-0.3, -0.25) is 4.79 Å². The Morgan fingerprint density at radius 2 is 1.46 bits per heavy atom. The molecular weight excluding hydrogens is 322 g/mol. The van der Waals surface area contributed by atoms with Gasteiger partial charge in [-0.05, 0) is 36.2 Å². The molecule has 0 spiro atoms. The smallest absolute Gasteiger partial charge is 0.187 e. The quantitative estimate of drug-likeness (QED) is 0.754. The summed E-state index contributed by atoms with van der Waals surface area (Å²) in [5, 5.41) is 3.43. The van der Waals surface area contributed by atoms with Crippen LogP contribution < -0.4 is 10.1 Å². The van der Waals surface area contributed by atoms with Gasteiger partial charge in [0, 0.05) is 0 Å². The fourth-order valence-electron chi connectivity index (χ4n) is 3.40. The molecule has 0 fully saturated rings. The van der Waals surface area contributed by atoms with Crippen molar-refractivity contribution in [3.05, 3.63) is 102 Å². The second-order valence-corrected chi connectivity index (χ2v) is 6.48. The Hall–Kier alpha value is -2.91. The highest BCUT2D eigenvalue weighted by atomic mass is 16.5. The molecule has 0 amide bonds. The number of Topliss-reactive ketones (excluding diaryl/α,β-unsaturated/α-hetero) is 1. The number of ketones is 1. The number of rotatable bonds is 5. The van der Waals surface area contributed by atoms with E-state index in [0.717, 1.165) is 18.5 Å². The molecule has 1 N–H and O–H groups in total. The van der Waals surface area contributed by atoms with Crippen molar-refractivity contribution < 1.29 is 9.53 Å². The number of hydrogen-bond acceptors (Lipinski definition) is 3. The minimum Gasteiger partial charge on any atom is -0.483 e. The van der Waals surface area contributed by atoms with Crippen molar-refractivity contribution in [3.63, 3.8) is 0 Å². The molecule has 26 heavy (non-hydrogen) atoms. The van der Waals surface area contributed by atoms with Gasteiger partial charge >= 0.3 is 0 Å². The number of hydrogen-bond donors (Lipinski definition) is 1. The van der Waals surface area contributed by atoms with E-state index in [1.165, 1.54) is 5.56 Å². The van der Waals surface area contributed by atoms with E-state index in [9.17, 15) is 4.79 Å². The molecule has 0 aromatic heterocycles. The molecule has 3 nitrogen and oxygen atoms in total. The van der Waals surface area contributed by atoms with Crippen LogP contribution in [0.1, 0.15) is 27.6 Å². The fourth-order valence-corrected chi connectivity index (χ4v) is 3.40. The summed E-state index contributed by atoms with van der Waals surface area (Å²) in [7, 11) is 0. The van der Waals surface area contributed by atoms with E-state index >= 15 is 0 Å². The number of nitrogens with one attached hydrogen (secondary N) is 1. The van der Waals surface area contributed by atoms with Crippen LogP contribution >= 0.6 is 0 Å². The zero-order chi connectivity index (χ0) is 17.8. The number of carbonyl (C=O) groups is 1. The van der Waals surface area contributed by atoms with Crippen LogP contribution in [0.5, 0.6) is 5.75 Å². The van der Waals surface area contributed by atoms with Crippen molar-refractivity contribution in [1.29, 1.82) is 0 Å². The van der Waals surface area contributed by atoms with Gasteiger partial charge in [0.2, 0.25) is 0 Å². The molecular formula is C23H21NO2. The summed E-state index contributed by atoms with van der Waals surface area (Å²) in [5.41, 5.74) is 2.91. The van der Waals surface area contributed by atoms with Crippen LogP contribution in [0.4, 0.5) is 0 Å². The summed E-state index contributed by atoms with van der Waals surface area (Å²) >= 11 is 0. The number of ether oxygens (including phenoxy) is 1. The van der Waals surface area contributed by atoms with Crippen LogP contribution in [0.3, 0.4) is 0 Å². The third kappa shape index (κ3) is 3.39. The van der Waals surface area contributed by atoms with Gasteiger partial charge in [0.05, 0.1) is 5.56 Å². The first-order chi connectivity index (χ1) is 12.8. The molecule has 3 aromatic rings. The van der Waals surface area contributed by atoms with Crippen LogP contribution in [-0.2, 0) is 6.42 Å². The molecule has 0 radical (unpaired) electrons. The Labute approximate surface area is 153 Å². The van der Waals surface area contributed by atoms with E-state index in [1.54, 1.807) is 0 Å². The number of carbonyl (C=O) groups excluding carboxylic acids is 1. The second kappa shape index (κ2) is 7.54. The van der Waals surface area contributed by atoms with Gasteiger partial charge in [-0.25, -0.2) is 0 Å². The lowest BCUT2D eigenvalue weighted by Gasteiger charge is -2.33. The zero-order valence-corrected chi connectivity index (χ0v) is 14.5. The first kappa shape index (κ1) is 16.6. The monoisotopic (exact) mass is 343 g/mol. The molecule has 3 heteroatoms. The summed E-state index contributed by atoms with van der Waals surface area (Å²) < 4.78 is 6.22. The molecule has 1 aliphatic heterocycles. The molecule has 0 saturated heterocycles. The van der Waals surface area contributed by atoms with E-state index in [1.807, 2.05) is 72.8 Å². The second-order valence-electron chi connectivity index (χ2n) is 6.48. The molecule has 0 bridgehead atoms. The van der Waals surface area contributed by atoms with E-state index in [0.29, 0.717) is 11.3 Å². The van der Waals surface area contributed by atoms with Crippen molar-refractivity contribution >= 4 is 5.78 Å². The van der Waals surface area contributed by atoms with Crippen LogP contribution in [0.2, 0.25) is 0 Å². The maximum Gasteiger partial charge on any atom is 0.187 e. The number of para-hydroxylation sites is 1. The third-order valence-electron chi connectivity index (χ3n) is 4.74. The van der Waals surface area contributed by atoms with E-state index < -0.39 is 6.04 Å². The Kier molecular flexibility index (Phi) is 4.80. The highest BCUT2D eigenvalue weighted by Gasteiger charge is 2.37. The highest BCUT2D eigenvalue weighted by Crippen LogP contribution is 2.34. The first-order valence-electron chi connectivity index (χ1n) is 8.95. The third-order valence-corrected chi connectivity index (χ3v) is 4.74. The summed E-state index contributed by atoms with van der Waals surface area (Å²) in [6, 6.07) is 27.3. The van der Waals surface area contributed by atoms with Gasteiger partial charge in [0.25, 0.3) is 0 Å². The molecule has 2 atom stereocenters. The summed E-state index contributed by atoms with van der Waals surface area (Å²) in [4.78, 5) is 13.1. The van der Waals surface area contributed by atoms with E-state index in [4.69, 9.17) is 4.74 Å². The number of fused-ring (bicyclic) bond motifs is 1. The minimum absolute atomic E-state index is 0.0914. The molecule has 4 rings (SSSR count). The van der Waals surface area contributed by atoms with E-state index in [2.05, 4.69) is 17.4 Å². The largest absolute Gasteiger partial charge is 0.483 e. The van der Waals surface area contributed by atoms with Crippen LogP contribution in [0, 0.1) is 0 Å². The predicted molar refractivity (Wildman–Crippen MR) is 103 cm³/mol. The molecule has 1 aliphatic rings. The maximum atomic E-state index is 13.1. The van der Waals surface area contributed by atoms with Crippen molar-refractivity contribution in [2.24, 2.45) is 0 Å². The van der Waals surface area contributed by atoms with Gasteiger partial charge in [0.15, 0.2) is 5.78 Å². The van der Waals surface area contributed by atoms with Gasteiger partial charge in [0.1, 0.15) is 17.9 Å². The lowest BCUT2D eigenvalue weighted by molar-refractivity contribution is 0.0736. The zero-order valence-electron chi connectivity index (χ0n) is 14.5. The molecule has 3 aromatic carbocycles. The Balaban J connectivity index is 1.57. The molecule has 130 valence electrons. The summed E-state index contributed by atoms with van der Waals surface area (Å²) in [6.45, 7) is 0.718. The SMILES string of the molecule is O=C1c2ccccc2OC(c2ccccc2)C1NCCc1ccccc1. The van der Waals surface area contributed by atoms with Crippen LogP contribution in [-0.4, -0.2) is 18.4 Å². The fraction of sp³-hybridized carbons (Fsp3) is 0.174. The average Bonchev–Trinajstić information content (AvgIpc) is 2.71. The average molecular weight is 343 g/mol. The molecule has 0 aliphatic carbocycles. The van der Waals surface area contributed by atoms with Gasteiger partial charge in [-0.1, -0.05) is 72.8 Å². The minimum atomic E-state index is -0.393.